The number of nitrogens with zero attached hydrogens (tertiary/aromatic N) is 3. The minimum Gasteiger partial charge on any atom is -0.349 e. The third-order valence-electron chi connectivity index (χ3n) is 6.71. The maximum absolute atomic E-state index is 12.7. The number of hydrogen-bond donors (Lipinski definition) is 1. The highest BCUT2D eigenvalue weighted by Crippen LogP contribution is 2.28. The van der Waals surface area contributed by atoms with E-state index in [1.54, 1.807) is 18.0 Å². The molecule has 1 N–H and O–H groups in total. The zero-order valence-corrected chi connectivity index (χ0v) is 20.3. The van der Waals surface area contributed by atoms with Gasteiger partial charge in [0, 0.05) is 23.6 Å². The number of benzene rings is 2. The molecule has 0 spiro atoms. The van der Waals surface area contributed by atoms with Gasteiger partial charge in [0.15, 0.2) is 5.16 Å². The number of rotatable bonds is 7. The number of thioether (sulfide) groups is 1. The van der Waals surface area contributed by atoms with Gasteiger partial charge in [-0.15, -0.1) is 0 Å². The zero-order valence-electron chi connectivity index (χ0n) is 19.5. The summed E-state index contributed by atoms with van der Waals surface area (Å²) in [4.78, 5) is 21.9. The molecule has 2 atom stereocenters. The molecule has 0 saturated heterocycles. The van der Waals surface area contributed by atoms with E-state index in [0.29, 0.717) is 12.0 Å². The normalized spacial score (nSPS) is 18.1. The molecule has 5 nitrogen and oxygen atoms in total. The van der Waals surface area contributed by atoms with Crippen molar-refractivity contribution in [2.45, 2.75) is 56.1 Å². The van der Waals surface area contributed by atoms with E-state index in [2.05, 4.69) is 58.2 Å². The topological polar surface area (TPSA) is 59.8 Å². The summed E-state index contributed by atoms with van der Waals surface area (Å²) in [5.74, 6) is 1.38. The van der Waals surface area contributed by atoms with Crippen LogP contribution in [0.1, 0.15) is 54.1 Å². The molecule has 174 valence electrons. The minimum atomic E-state index is 0.0371. The molecule has 1 saturated carbocycles. The van der Waals surface area contributed by atoms with Crippen molar-refractivity contribution in [3.63, 3.8) is 0 Å². The summed E-state index contributed by atoms with van der Waals surface area (Å²) in [7, 11) is 0. The van der Waals surface area contributed by atoms with Gasteiger partial charge in [-0.25, -0.2) is 4.98 Å². The second-order valence-electron chi connectivity index (χ2n) is 9.16. The monoisotopic (exact) mass is 470 g/mol. The molecule has 6 heteroatoms. The van der Waals surface area contributed by atoms with E-state index in [9.17, 15) is 4.79 Å². The van der Waals surface area contributed by atoms with Gasteiger partial charge in [-0.1, -0.05) is 74.0 Å². The molecule has 1 aliphatic rings. The molecule has 2 unspecified atom stereocenters. The Morgan fingerprint density at radius 2 is 1.82 bits per heavy atom. The molecule has 1 fully saturated rings. The summed E-state index contributed by atoms with van der Waals surface area (Å²) in [6.07, 6.45) is 8.43. The van der Waals surface area contributed by atoms with E-state index in [1.165, 1.54) is 30.4 Å². The van der Waals surface area contributed by atoms with E-state index in [-0.39, 0.29) is 5.91 Å². The third kappa shape index (κ3) is 5.17. The van der Waals surface area contributed by atoms with Gasteiger partial charge < -0.3 is 9.88 Å². The van der Waals surface area contributed by atoms with Crippen LogP contribution in [0.15, 0.2) is 78.2 Å². The molecule has 2 aromatic heterocycles. The van der Waals surface area contributed by atoms with Crippen LogP contribution in [0.3, 0.4) is 0 Å². The molecule has 0 bridgehead atoms. The Hall–Kier alpha value is -3.12. The van der Waals surface area contributed by atoms with Crippen molar-refractivity contribution in [3.05, 3.63) is 89.7 Å². The van der Waals surface area contributed by atoms with Gasteiger partial charge in [0.1, 0.15) is 0 Å². The fourth-order valence-electron chi connectivity index (χ4n) is 4.66. The standard InChI is InChI=1S/C28H30N4OS/c1-20-7-5-6-10-24(20)30-27(33)23-13-11-22(12-14-23)19-34-28-31-25-15-16-29-17-26(25)32(28)18-21-8-3-2-4-9-21/h2-4,8-9,11-17,20,24H,5-7,10,18-19H2,1H3,(H,30,33). The summed E-state index contributed by atoms with van der Waals surface area (Å²) in [6.45, 7) is 3.00. The van der Waals surface area contributed by atoms with Gasteiger partial charge in [-0.05, 0) is 48.1 Å². The van der Waals surface area contributed by atoms with Gasteiger partial charge in [-0.3, -0.25) is 9.78 Å². The lowest BCUT2D eigenvalue weighted by molar-refractivity contribution is 0.0910. The van der Waals surface area contributed by atoms with E-state index < -0.39 is 0 Å². The van der Waals surface area contributed by atoms with Gasteiger partial charge >= 0.3 is 0 Å². The number of nitrogens with one attached hydrogen (secondary N) is 1. The van der Waals surface area contributed by atoms with Crippen molar-refractivity contribution >= 4 is 28.7 Å². The summed E-state index contributed by atoms with van der Waals surface area (Å²) in [5, 5.41) is 4.22. The quantitative estimate of drug-likeness (QED) is 0.333. The van der Waals surface area contributed by atoms with Crippen molar-refractivity contribution in [1.29, 1.82) is 0 Å². The predicted octanol–water partition coefficient (Wildman–Crippen LogP) is 6.08. The first-order valence-electron chi connectivity index (χ1n) is 12.0. The fraction of sp³-hybridized carbons (Fsp3) is 0.321. The maximum atomic E-state index is 12.7. The molecule has 1 aliphatic carbocycles. The molecule has 1 amide bonds. The molecular formula is C28H30N4OS. The smallest absolute Gasteiger partial charge is 0.251 e. The maximum Gasteiger partial charge on any atom is 0.251 e. The molecule has 2 heterocycles. The number of carbonyl (C=O) groups excluding carboxylic acids is 1. The number of carbonyl (C=O) groups is 1. The molecule has 0 radical (unpaired) electrons. The van der Waals surface area contributed by atoms with Crippen LogP contribution in [0.4, 0.5) is 0 Å². The summed E-state index contributed by atoms with van der Waals surface area (Å²) < 4.78 is 2.23. The summed E-state index contributed by atoms with van der Waals surface area (Å²) in [5.41, 5.74) is 5.13. The molecule has 5 rings (SSSR count). The molecular weight excluding hydrogens is 440 g/mol. The lowest BCUT2D eigenvalue weighted by atomic mass is 9.86. The second-order valence-corrected chi connectivity index (χ2v) is 10.1. The van der Waals surface area contributed by atoms with Crippen molar-refractivity contribution < 1.29 is 4.79 Å². The van der Waals surface area contributed by atoms with Crippen molar-refractivity contribution in [1.82, 2.24) is 19.9 Å². The first-order chi connectivity index (χ1) is 16.7. The Labute approximate surface area is 205 Å². The van der Waals surface area contributed by atoms with Crippen LogP contribution in [-0.4, -0.2) is 26.5 Å². The van der Waals surface area contributed by atoms with Crippen molar-refractivity contribution in [3.8, 4) is 0 Å². The van der Waals surface area contributed by atoms with Crippen LogP contribution in [0.5, 0.6) is 0 Å². The van der Waals surface area contributed by atoms with Crippen molar-refractivity contribution in [2.24, 2.45) is 5.92 Å². The summed E-state index contributed by atoms with van der Waals surface area (Å²) >= 11 is 1.71. The van der Waals surface area contributed by atoms with Crippen LogP contribution in [-0.2, 0) is 12.3 Å². The van der Waals surface area contributed by atoms with Crippen LogP contribution < -0.4 is 5.32 Å². The Morgan fingerprint density at radius 3 is 2.62 bits per heavy atom. The third-order valence-corrected chi connectivity index (χ3v) is 7.76. The lowest BCUT2D eigenvalue weighted by Crippen LogP contribution is -2.41. The van der Waals surface area contributed by atoms with E-state index >= 15 is 0 Å². The lowest BCUT2D eigenvalue weighted by Gasteiger charge is -2.29. The SMILES string of the molecule is CC1CCCCC1NC(=O)c1ccc(CSc2nc3ccncc3n2Cc2ccccc2)cc1. The number of hydrogen-bond acceptors (Lipinski definition) is 4. The van der Waals surface area contributed by atoms with Crippen LogP contribution >= 0.6 is 11.8 Å². The van der Waals surface area contributed by atoms with Crippen molar-refractivity contribution in [2.75, 3.05) is 0 Å². The highest BCUT2D eigenvalue weighted by Gasteiger charge is 2.23. The zero-order chi connectivity index (χ0) is 23.3. The first kappa shape index (κ1) is 22.7. The second kappa shape index (κ2) is 10.4. The van der Waals surface area contributed by atoms with E-state index in [0.717, 1.165) is 40.5 Å². The van der Waals surface area contributed by atoms with Crippen LogP contribution in [0.25, 0.3) is 11.0 Å². The van der Waals surface area contributed by atoms with Crippen LogP contribution in [0, 0.1) is 5.92 Å². The Morgan fingerprint density at radius 1 is 1.03 bits per heavy atom. The Kier molecular flexibility index (Phi) is 6.95. The first-order valence-corrected chi connectivity index (χ1v) is 13.0. The van der Waals surface area contributed by atoms with Gasteiger partial charge in [0.05, 0.1) is 23.8 Å². The molecule has 4 aromatic rings. The van der Waals surface area contributed by atoms with Crippen LogP contribution in [0.2, 0.25) is 0 Å². The number of amides is 1. The fourth-order valence-corrected chi connectivity index (χ4v) is 5.63. The molecule has 34 heavy (non-hydrogen) atoms. The average molecular weight is 471 g/mol. The Bertz CT molecular complexity index is 1250. The molecule has 2 aromatic carbocycles. The minimum absolute atomic E-state index is 0.0371. The van der Waals surface area contributed by atoms with Gasteiger partial charge in [0.25, 0.3) is 5.91 Å². The predicted molar refractivity (Wildman–Crippen MR) is 138 cm³/mol. The Balaban J connectivity index is 1.27. The number of aromatic nitrogens is 3. The highest BCUT2D eigenvalue weighted by atomic mass is 32.2. The molecule has 0 aliphatic heterocycles. The number of imidazole rings is 1. The largest absolute Gasteiger partial charge is 0.349 e. The van der Waals surface area contributed by atoms with E-state index in [1.807, 2.05) is 30.5 Å². The van der Waals surface area contributed by atoms with E-state index in [4.69, 9.17) is 4.98 Å². The highest BCUT2D eigenvalue weighted by molar-refractivity contribution is 7.98. The number of fused-ring (bicyclic) bond motifs is 1. The summed E-state index contributed by atoms with van der Waals surface area (Å²) in [6, 6.07) is 20.7. The average Bonchev–Trinajstić information content (AvgIpc) is 3.22. The number of pyridine rings is 1. The van der Waals surface area contributed by atoms with Gasteiger partial charge in [-0.2, -0.15) is 0 Å². The van der Waals surface area contributed by atoms with Gasteiger partial charge in [0.2, 0.25) is 0 Å².